The van der Waals surface area contributed by atoms with Crippen molar-refractivity contribution in [3.8, 4) is 0 Å². The lowest BCUT2D eigenvalue weighted by atomic mass is 10.2. The second kappa shape index (κ2) is 7.58. The SMILES string of the molecule is CC(C(=O)Nc1ccn(Cc2c(F)cccc2Cl)n1)n1nccc1C(=O)O. The summed E-state index contributed by atoms with van der Waals surface area (Å²) in [6.45, 7) is 1.62. The number of carboxylic acid groups (broad SMARTS) is 1. The number of hydrogen-bond donors (Lipinski definition) is 2. The number of aromatic carboxylic acids is 1. The molecule has 1 amide bonds. The van der Waals surface area contributed by atoms with Crippen LogP contribution in [-0.4, -0.2) is 36.5 Å². The molecule has 0 saturated heterocycles. The molecule has 1 unspecified atom stereocenters. The topological polar surface area (TPSA) is 102 Å². The number of nitrogens with zero attached hydrogens (tertiary/aromatic N) is 4. The lowest BCUT2D eigenvalue weighted by Crippen LogP contribution is -2.27. The van der Waals surface area contributed by atoms with Gasteiger partial charge in [-0.05, 0) is 25.1 Å². The van der Waals surface area contributed by atoms with Gasteiger partial charge in [0.2, 0.25) is 5.91 Å². The van der Waals surface area contributed by atoms with Crippen molar-refractivity contribution in [1.29, 1.82) is 0 Å². The molecule has 2 N–H and O–H groups in total. The van der Waals surface area contributed by atoms with Crippen LogP contribution in [0.2, 0.25) is 5.02 Å². The predicted molar refractivity (Wildman–Crippen MR) is 95.3 cm³/mol. The molecule has 0 aliphatic heterocycles. The largest absolute Gasteiger partial charge is 0.477 e. The van der Waals surface area contributed by atoms with Crippen LogP contribution in [0.5, 0.6) is 0 Å². The number of nitrogens with one attached hydrogen (secondary N) is 1. The molecule has 0 bridgehead atoms. The van der Waals surface area contributed by atoms with Gasteiger partial charge < -0.3 is 10.4 Å². The average Bonchev–Trinajstić information content (AvgIpc) is 3.27. The highest BCUT2D eigenvalue weighted by atomic mass is 35.5. The van der Waals surface area contributed by atoms with Gasteiger partial charge in [0.25, 0.3) is 0 Å². The number of amides is 1. The minimum Gasteiger partial charge on any atom is -0.477 e. The number of aromatic nitrogens is 4. The third kappa shape index (κ3) is 3.98. The van der Waals surface area contributed by atoms with Crippen molar-refractivity contribution in [3.63, 3.8) is 0 Å². The smallest absolute Gasteiger partial charge is 0.354 e. The molecule has 0 spiro atoms. The fourth-order valence-electron chi connectivity index (χ4n) is 2.50. The molecule has 0 fully saturated rings. The number of halogens is 2. The van der Waals surface area contributed by atoms with E-state index in [9.17, 15) is 14.0 Å². The summed E-state index contributed by atoms with van der Waals surface area (Å²) < 4.78 is 16.4. The van der Waals surface area contributed by atoms with Gasteiger partial charge in [-0.25, -0.2) is 13.9 Å². The van der Waals surface area contributed by atoms with Gasteiger partial charge in [0.15, 0.2) is 5.82 Å². The van der Waals surface area contributed by atoms with Gasteiger partial charge in [0.05, 0.1) is 6.54 Å². The van der Waals surface area contributed by atoms with Crippen molar-refractivity contribution in [1.82, 2.24) is 19.6 Å². The highest BCUT2D eigenvalue weighted by molar-refractivity contribution is 6.31. The normalized spacial score (nSPS) is 12.0. The van der Waals surface area contributed by atoms with E-state index in [4.69, 9.17) is 16.7 Å². The molecule has 1 aromatic carbocycles. The fourth-order valence-corrected chi connectivity index (χ4v) is 2.72. The summed E-state index contributed by atoms with van der Waals surface area (Å²) in [7, 11) is 0. The van der Waals surface area contributed by atoms with Crippen LogP contribution in [0.15, 0.2) is 42.7 Å². The highest BCUT2D eigenvalue weighted by Crippen LogP contribution is 2.20. The van der Waals surface area contributed by atoms with Gasteiger partial charge in [0, 0.05) is 29.0 Å². The number of benzene rings is 1. The number of anilines is 1. The Morgan fingerprint density at radius 1 is 1.33 bits per heavy atom. The fraction of sp³-hybridized carbons (Fsp3) is 0.176. The van der Waals surface area contributed by atoms with Gasteiger partial charge in [0.1, 0.15) is 17.6 Å². The second-order valence-corrected chi connectivity index (χ2v) is 6.14. The maximum absolute atomic E-state index is 13.9. The summed E-state index contributed by atoms with van der Waals surface area (Å²) in [6, 6.07) is 6.38. The van der Waals surface area contributed by atoms with E-state index < -0.39 is 23.7 Å². The maximum atomic E-state index is 13.9. The van der Waals surface area contributed by atoms with Crippen LogP contribution in [0.1, 0.15) is 29.0 Å². The van der Waals surface area contributed by atoms with Crippen molar-refractivity contribution < 1.29 is 19.1 Å². The molecule has 0 aliphatic carbocycles. The monoisotopic (exact) mass is 391 g/mol. The van der Waals surface area contributed by atoms with E-state index in [0.717, 1.165) is 4.68 Å². The summed E-state index contributed by atoms with van der Waals surface area (Å²) in [4.78, 5) is 23.5. The Hall–Kier alpha value is -3.20. The Balaban J connectivity index is 1.71. The third-order valence-corrected chi connectivity index (χ3v) is 4.26. The Morgan fingerprint density at radius 3 is 2.81 bits per heavy atom. The minimum atomic E-state index is -1.18. The van der Waals surface area contributed by atoms with Crippen molar-refractivity contribution in [3.05, 3.63) is 64.8 Å². The van der Waals surface area contributed by atoms with E-state index in [0.29, 0.717) is 0 Å². The molecule has 0 radical (unpaired) electrons. The third-order valence-electron chi connectivity index (χ3n) is 3.91. The van der Waals surface area contributed by atoms with Crippen LogP contribution in [0.4, 0.5) is 10.2 Å². The molecule has 140 valence electrons. The summed E-state index contributed by atoms with van der Waals surface area (Å²) in [5, 5.41) is 20.0. The Kier molecular flexibility index (Phi) is 5.22. The number of hydrogen-bond acceptors (Lipinski definition) is 4. The molecule has 3 rings (SSSR count). The second-order valence-electron chi connectivity index (χ2n) is 5.73. The quantitative estimate of drug-likeness (QED) is 0.672. The van der Waals surface area contributed by atoms with E-state index in [1.165, 1.54) is 36.0 Å². The van der Waals surface area contributed by atoms with Crippen LogP contribution in [0.3, 0.4) is 0 Å². The summed E-state index contributed by atoms with van der Waals surface area (Å²) in [5.74, 6) is -1.88. The Labute approximate surface area is 158 Å². The molecular weight excluding hydrogens is 377 g/mol. The van der Waals surface area contributed by atoms with E-state index in [2.05, 4.69) is 15.5 Å². The van der Waals surface area contributed by atoms with Crippen molar-refractivity contribution in [2.24, 2.45) is 0 Å². The van der Waals surface area contributed by atoms with Crippen LogP contribution in [-0.2, 0) is 11.3 Å². The van der Waals surface area contributed by atoms with Gasteiger partial charge in [-0.1, -0.05) is 17.7 Å². The first-order chi connectivity index (χ1) is 12.9. The van der Waals surface area contributed by atoms with E-state index in [1.54, 1.807) is 18.3 Å². The average molecular weight is 392 g/mol. The molecule has 3 aromatic rings. The van der Waals surface area contributed by atoms with Crippen molar-refractivity contribution >= 4 is 29.3 Å². The minimum absolute atomic E-state index is 0.0965. The molecule has 0 saturated carbocycles. The maximum Gasteiger partial charge on any atom is 0.354 e. The lowest BCUT2D eigenvalue weighted by molar-refractivity contribution is -0.119. The van der Waals surface area contributed by atoms with Crippen molar-refractivity contribution in [2.45, 2.75) is 19.5 Å². The van der Waals surface area contributed by atoms with Gasteiger partial charge in [-0.3, -0.25) is 9.48 Å². The molecule has 27 heavy (non-hydrogen) atoms. The molecule has 0 aliphatic rings. The van der Waals surface area contributed by atoms with Gasteiger partial charge >= 0.3 is 5.97 Å². The lowest BCUT2D eigenvalue weighted by Gasteiger charge is -2.13. The number of carbonyl (C=O) groups is 2. The van der Waals surface area contributed by atoms with E-state index in [-0.39, 0.29) is 28.6 Å². The number of rotatable bonds is 6. The predicted octanol–water partition coefficient (Wildman–Crippen LogP) is 2.82. The summed E-state index contributed by atoms with van der Waals surface area (Å²) in [6.07, 6.45) is 2.87. The first-order valence-corrected chi connectivity index (χ1v) is 8.28. The van der Waals surface area contributed by atoms with Crippen LogP contribution in [0.25, 0.3) is 0 Å². The zero-order chi connectivity index (χ0) is 19.6. The van der Waals surface area contributed by atoms with Crippen LogP contribution < -0.4 is 5.32 Å². The Bertz CT molecular complexity index is 980. The summed E-state index contributed by atoms with van der Waals surface area (Å²) in [5.41, 5.74) is 0.188. The van der Waals surface area contributed by atoms with Gasteiger partial charge in [-0.2, -0.15) is 10.2 Å². The zero-order valence-corrected chi connectivity index (χ0v) is 14.9. The molecular formula is C17H15ClFN5O3. The zero-order valence-electron chi connectivity index (χ0n) is 14.1. The van der Waals surface area contributed by atoms with Crippen molar-refractivity contribution in [2.75, 3.05) is 5.32 Å². The van der Waals surface area contributed by atoms with Crippen LogP contribution >= 0.6 is 11.6 Å². The summed E-state index contributed by atoms with van der Waals surface area (Å²) >= 11 is 6.00. The van der Waals surface area contributed by atoms with Gasteiger partial charge in [-0.15, -0.1) is 0 Å². The highest BCUT2D eigenvalue weighted by Gasteiger charge is 2.22. The molecule has 2 heterocycles. The van der Waals surface area contributed by atoms with E-state index >= 15 is 0 Å². The number of carbonyl (C=O) groups excluding carboxylic acids is 1. The first kappa shape index (κ1) is 18.6. The Morgan fingerprint density at radius 2 is 2.11 bits per heavy atom. The molecule has 10 heteroatoms. The van der Waals surface area contributed by atoms with E-state index in [1.807, 2.05) is 0 Å². The molecule has 1 atom stereocenters. The number of carboxylic acids is 1. The standard InChI is InChI=1S/C17H15ClFN5O3/c1-10(24-14(17(26)27)5-7-20-24)16(25)21-15-6-8-23(22-15)9-11-12(18)3-2-4-13(11)19/h2-8,10H,9H2,1H3,(H,26,27)(H,21,22,25). The molecule has 2 aromatic heterocycles. The van der Waals surface area contributed by atoms with Crippen LogP contribution in [0, 0.1) is 5.82 Å². The first-order valence-electron chi connectivity index (χ1n) is 7.91. The molecule has 8 nitrogen and oxygen atoms in total.